The Labute approximate surface area is 198 Å². The second-order valence-electron chi connectivity index (χ2n) is 6.89. The fourth-order valence-corrected chi connectivity index (χ4v) is 3.06. The van der Waals surface area contributed by atoms with Gasteiger partial charge in [-0.3, -0.25) is 0 Å². The Kier molecular flexibility index (Phi) is 7.74. The molecule has 0 aliphatic carbocycles. The number of rotatable bonds is 8. The summed E-state index contributed by atoms with van der Waals surface area (Å²) in [5, 5.41) is 8.20. The molecule has 9 nitrogen and oxygen atoms in total. The van der Waals surface area contributed by atoms with E-state index in [0.29, 0.717) is 29.1 Å². The van der Waals surface area contributed by atoms with Crippen molar-refractivity contribution in [2.24, 2.45) is 10.7 Å². The Balaban J connectivity index is 1.89. The number of ether oxygens (including phenoxy) is 3. The molecule has 0 amide bonds. The number of hydrogen-bond donors (Lipinski definition) is 1. The lowest BCUT2D eigenvalue weighted by Crippen LogP contribution is -2.30. The van der Waals surface area contributed by atoms with Gasteiger partial charge in [0.15, 0.2) is 17.2 Å². The van der Waals surface area contributed by atoms with Gasteiger partial charge in [0.05, 0.1) is 38.4 Å². The average Bonchev–Trinajstić information content (AvgIpc) is 3.34. The molecular weight excluding hydrogens is 467 g/mol. The van der Waals surface area contributed by atoms with Crippen molar-refractivity contribution in [1.29, 1.82) is 0 Å². The summed E-state index contributed by atoms with van der Waals surface area (Å²) in [4.78, 5) is 15.5. The van der Waals surface area contributed by atoms with Crippen molar-refractivity contribution in [1.82, 2.24) is 15.0 Å². The molecule has 1 aromatic heterocycles. The number of benzene rings is 2. The minimum atomic E-state index is -4.93. The van der Waals surface area contributed by atoms with Gasteiger partial charge in [0.2, 0.25) is 0 Å². The standard InChI is InChI=1S/C23H22F3N5O4/c1-4-35-22(32)17(12-27)21(23(24,25)26)28-15-6-8-16(9-7-15)31-13-18(29-30-31)14-5-10-19(33-2)20(11-14)34-3/h5-13H,4,27H2,1-3H3. The number of alkyl halides is 3. The van der Waals surface area contributed by atoms with Crippen LogP contribution in [-0.4, -0.2) is 53.7 Å². The van der Waals surface area contributed by atoms with Crippen molar-refractivity contribution in [2.75, 3.05) is 20.8 Å². The molecule has 0 spiro atoms. The summed E-state index contributed by atoms with van der Waals surface area (Å²) in [6.07, 6.45) is -2.75. The smallest absolute Gasteiger partial charge is 0.434 e. The van der Waals surface area contributed by atoms with Crippen LogP contribution in [0.4, 0.5) is 18.9 Å². The van der Waals surface area contributed by atoms with Crippen molar-refractivity contribution in [3.8, 4) is 28.4 Å². The van der Waals surface area contributed by atoms with Gasteiger partial charge in [0, 0.05) is 11.8 Å². The van der Waals surface area contributed by atoms with Crippen LogP contribution >= 0.6 is 0 Å². The molecule has 184 valence electrons. The average molecular weight is 489 g/mol. The maximum absolute atomic E-state index is 13.6. The second kappa shape index (κ2) is 10.7. The van der Waals surface area contributed by atoms with Crippen molar-refractivity contribution >= 4 is 17.4 Å². The van der Waals surface area contributed by atoms with Crippen LogP contribution in [0.25, 0.3) is 16.9 Å². The number of nitrogens with zero attached hydrogens (tertiary/aromatic N) is 4. The maximum Gasteiger partial charge on any atom is 0.434 e. The molecule has 0 saturated carbocycles. The van der Waals surface area contributed by atoms with Crippen LogP contribution in [0.5, 0.6) is 11.5 Å². The van der Waals surface area contributed by atoms with Crippen molar-refractivity contribution in [3.05, 3.63) is 60.4 Å². The van der Waals surface area contributed by atoms with Gasteiger partial charge >= 0.3 is 12.1 Å². The Morgan fingerprint density at radius 1 is 1.11 bits per heavy atom. The molecule has 0 radical (unpaired) electrons. The lowest BCUT2D eigenvalue weighted by Gasteiger charge is -2.13. The SMILES string of the molecule is CCOC(=O)C(=CN)C(=Nc1ccc(-n2cc(-c3ccc(OC)c(OC)c3)nn2)cc1)C(F)(F)F. The predicted molar refractivity (Wildman–Crippen MR) is 122 cm³/mol. The van der Waals surface area contributed by atoms with Gasteiger partial charge in [-0.2, -0.15) is 13.2 Å². The third-order valence-corrected chi connectivity index (χ3v) is 4.71. The summed E-state index contributed by atoms with van der Waals surface area (Å²) in [7, 11) is 3.05. The van der Waals surface area contributed by atoms with Crippen LogP contribution in [0.2, 0.25) is 0 Å². The third kappa shape index (κ3) is 5.78. The monoisotopic (exact) mass is 489 g/mol. The maximum atomic E-state index is 13.6. The highest BCUT2D eigenvalue weighted by Gasteiger charge is 2.41. The Morgan fingerprint density at radius 2 is 1.80 bits per heavy atom. The van der Waals surface area contributed by atoms with Gasteiger partial charge in [-0.25, -0.2) is 14.5 Å². The number of aliphatic imine (C=N–C) groups is 1. The number of carbonyl (C=O) groups is 1. The molecule has 0 atom stereocenters. The Bertz CT molecular complexity index is 1250. The summed E-state index contributed by atoms with van der Waals surface area (Å²) < 4.78 is 57.4. The zero-order valence-electron chi connectivity index (χ0n) is 19.0. The molecule has 3 aromatic rings. The normalized spacial score (nSPS) is 12.4. The van der Waals surface area contributed by atoms with Crippen LogP contribution < -0.4 is 15.2 Å². The van der Waals surface area contributed by atoms with Gasteiger partial charge in [-0.05, 0) is 49.4 Å². The van der Waals surface area contributed by atoms with Crippen molar-refractivity contribution in [2.45, 2.75) is 13.1 Å². The third-order valence-electron chi connectivity index (χ3n) is 4.71. The van der Waals surface area contributed by atoms with E-state index in [0.717, 1.165) is 5.56 Å². The van der Waals surface area contributed by atoms with E-state index in [1.54, 1.807) is 24.4 Å². The summed E-state index contributed by atoms with van der Waals surface area (Å²) in [6, 6.07) is 11.0. The van der Waals surface area contributed by atoms with E-state index in [1.165, 1.54) is 50.1 Å². The summed E-state index contributed by atoms with van der Waals surface area (Å²) in [6.45, 7) is 1.36. The number of methoxy groups -OCH3 is 2. The molecule has 0 aliphatic heterocycles. The van der Waals surface area contributed by atoms with E-state index in [2.05, 4.69) is 20.0 Å². The fraction of sp³-hybridized carbons (Fsp3) is 0.217. The topological polar surface area (TPSA) is 114 Å². The summed E-state index contributed by atoms with van der Waals surface area (Å²) in [5.74, 6) is -0.127. The molecule has 0 aliphatic rings. The highest BCUT2D eigenvalue weighted by atomic mass is 19.4. The lowest BCUT2D eigenvalue weighted by molar-refractivity contribution is -0.138. The number of carbonyl (C=O) groups excluding carboxylic acids is 1. The number of halogens is 3. The first kappa shape index (κ1) is 25.3. The molecule has 0 fully saturated rings. The van der Waals surface area contributed by atoms with Crippen molar-refractivity contribution in [3.63, 3.8) is 0 Å². The first-order valence-corrected chi connectivity index (χ1v) is 10.2. The number of hydrogen-bond acceptors (Lipinski definition) is 8. The first-order valence-electron chi connectivity index (χ1n) is 10.2. The number of esters is 1. The van der Waals surface area contributed by atoms with E-state index in [1.807, 2.05) is 0 Å². The zero-order valence-corrected chi connectivity index (χ0v) is 19.0. The lowest BCUT2D eigenvalue weighted by atomic mass is 10.1. The molecule has 2 aromatic carbocycles. The Morgan fingerprint density at radius 3 is 2.37 bits per heavy atom. The summed E-state index contributed by atoms with van der Waals surface area (Å²) in [5.41, 5.74) is 4.67. The van der Waals surface area contributed by atoms with E-state index in [-0.39, 0.29) is 12.3 Å². The van der Waals surface area contributed by atoms with E-state index in [9.17, 15) is 18.0 Å². The van der Waals surface area contributed by atoms with E-state index < -0.39 is 23.4 Å². The molecule has 3 rings (SSSR count). The zero-order chi connectivity index (χ0) is 25.6. The van der Waals surface area contributed by atoms with Gasteiger partial charge < -0.3 is 19.9 Å². The van der Waals surface area contributed by atoms with Gasteiger partial charge in [-0.15, -0.1) is 5.10 Å². The number of nitrogens with two attached hydrogens (primary N) is 1. The Hall–Kier alpha value is -4.35. The van der Waals surface area contributed by atoms with Crippen LogP contribution in [0.3, 0.4) is 0 Å². The molecule has 1 heterocycles. The summed E-state index contributed by atoms with van der Waals surface area (Å²) >= 11 is 0. The predicted octanol–water partition coefficient (Wildman–Crippen LogP) is 3.99. The second-order valence-corrected chi connectivity index (χ2v) is 6.89. The quantitative estimate of drug-likeness (QED) is 0.289. The van der Waals surface area contributed by atoms with Crippen molar-refractivity contribution < 1.29 is 32.2 Å². The highest BCUT2D eigenvalue weighted by molar-refractivity contribution is 6.22. The molecular formula is C23H22F3N5O4. The van der Waals surface area contributed by atoms with Crippen LogP contribution in [0, 0.1) is 0 Å². The molecule has 0 bridgehead atoms. The largest absolute Gasteiger partial charge is 0.493 e. The molecule has 0 saturated heterocycles. The van der Waals surface area contributed by atoms with E-state index >= 15 is 0 Å². The highest BCUT2D eigenvalue weighted by Crippen LogP contribution is 2.32. The molecule has 35 heavy (non-hydrogen) atoms. The van der Waals surface area contributed by atoms with Gasteiger partial charge in [0.1, 0.15) is 11.3 Å². The molecule has 12 heteroatoms. The molecule has 2 N–H and O–H groups in total. The fourth-order valence-electron chi connectivity index (χ4n) is 3.06. The number of aromatic nitrogens is 3. The van der Waals surface area contributed by atoms with Gasteiger partial charge in [-0.1, -0.05) is 5.21 Å². The van der Waals surface area contributed by atoms with Crippen LogP contribution in [0.15, 0.2) is 65.4 Å². The minimum Gasteiger partial charge on any atom is -0.493 e. The molecule has 0 unspecified atom stereocenters. The van der Waals surface area contributed by atoms with E-state index in [4.69, 9.17) is 15.2 Å². The van der Waals surface area contributed by atoms with Crippen LogP contribution in [-0.2, 0) is 9.53 Å². The first-order chi connectivity index (χ1) is 16.7. The minimum absolute atomic E-state index is 0.0510. The van der Waals surface area contributed by atoms with Crippen LogP contribution in [0.1, 0.15) is 6.92 Å². The van der Waals surface area contributed by atoms with Gasteiger partial charge in [0.25, 0.3) is 0 Å².